The smallest absolute Gasteiger partial charge is 0.370 e. The Kier molecular flexibility index (Phi) is 6.90. The van der Waals surface area contributed by atoms with Crippen LogP contribution in [0.5, 0.6) is 0 Å². The Morgan fingerprint density at radius 2 is 1.75 bits per heavy atom. The van der Waals surface area contributed by atoms with Gasteiger partial charge in [0.25, 0.3) is 0 Å². The third-order valence-corrected chi connectivity index (χ3v) is 3.06. The molecule has 0 aromatic carbocycles. The fourth-order valence-electron chi connectivity index (χ4n) is 1.44. The van der Waals surface area contributed by atoms with Crippen molar-refractivity contribution in [2.45, 2.75) is 25.9 Å². The van der Waals surface area contributed by atoms with Crippen LogP contribution in [0.4, 0.5) is 24.8 Å². The first kappa shape index (κ1) is 16.9. The summed E-state index contributed by atoms with van der Waals surface area (Å²) in [6, 6.07) is 1.50. The number of aromatic nitrogens is 2. The topological polar surface area (TPSA) is 49.8 Å². The molecule has 8 heteroatoms. The fraction of sp³-hybridized carbons (Fsp3) is 0.667. The van der Waals surface area contributed by atoms with Gasteiger partial charge in [-0.05, 0) is 24.9 Å². The predicted octanol–water partition coefficient (Wildman–Crippen LogP) is 3.48. The summed E-state index contributed by atoms with van der Waals surface area (Å²) in [5.41, 5.74) is 0. The number of halogens is 3. The van der Waals surface area contributed by atoms with Crippen LogP contribution < -0.4 is 10.6 Å². The van der Waals surface area contributed by atoms with Crippen molar-refractivity contribution < 1.29 is 13.2 Å². The number of rotatable bonds is 8. The first-order valence-electron chi connectivity index (χ1n) is 6.40. The average molecular weight is 308 g/mol. The lowest BCUT2D eigenvalue weighted by molar-refractivity contribution is -0.144. The number of thioether (sulfide) groups is 1. The fourth-order valence-corrected chi connectivity index (χ4v) is 1.87. The lowest BCUT2D eigenvalue weighted by Gasteiger charge is -2.12. The zero-order chi connectivity index (χ0) is 15.0. The molecule has 0 saturated carbocycles. The summed E-state index contributed by atoms with van der Waals surface area (Å²) >= 11 is 1.69. The van der Waals surface area contributed by atoms with Crippen molar-refractivity contribution in [2.75, 3.05) is 35.7 Å². The van der Waals surface area contributed by atoms with E-state index in [0.717, 1.165) is 18.6 Å². The first-order valence-corrected chi connectivity index (χ1v) is 7.79. The minimum Gasteiger partial charge on any atom is -0.370 e. The van der Waals surface area contributed by atoms with Crippen LogP contribution in [0.25, 0.3) is 0 Å². The third-order valence-electron chi connectivity index (χ3n) is 2.37. The number of anilines is 2. The molecule has 0 aliphatic heterocycles. The second kappa shape index (κ2) is 8.18. The Morgan fingerprint density at radius 1 is 1.15 bits per heavy atom. The highest BCUT2D eigenvalue weighted by Gasteiger charge is 2.35. The molecule has 1 heterocycles. The van der Waals surface area contributed by atoms with E-state index in [1.165, 1.54) is 6.07 Å². The van der Waals surface area contributed by atoms with Gasteiger partial charge in [-0.3, -0.25) is 0 Å². The summed E-state index contributed by atoms with van der Waals surface area (Å²) in [6.07, 6.45) is -0.884. The molecule has 1 rings (SSSR count). The van der Waals surface area contributed by atoms with Crippen LogP contribution in [-0.4, -0.2) is 35.1 Å². The second-order valence-electron chi connectivity index (χ2n) is 4.16. The zero-order valence-electron chi connectivity index (χ0n) is 11.5. The highest BCUT2D eigenvalue weighted by molar-refractivity contribution is 7.98. The van der Waals surface area contributed by atoms with Gasteiger partial charge < -0.3 is 10.6 Å². The molecule has 0 saturated heterocycles. The molecule has 0 spiro atoms. The Morgan fingerprint density at radius 3 is 2.25 bits per heavy atom. The molecule has 0 radical (unpaired) electrons. The number of hydrogen-bond acceptors (Lipinski definition) is 5. The van der Waals surface area contributed by atoms with Gasteiger partial charge in [-0.1, -0.05) is 6.92 Å². The number of alkyl halides is 3. The number of nitrogens with one attached hydrogen (secondary N) is 2. The Bertz CT molecular complexity index is 412. The minimum atomic E-state index is -4.54. The molecule has 0 amide bonds. The number of hydrogen-bond donors (Lipinski definition) is 2. The van der Waals surface area contributed by atoms with Crippen LogP contribution in [-0.2, 0) is 6.18 Å². The summed E-state index contributed by atoms with van der Waals surface area (Å²) in [6.45, 7) is 3.09. The van der Waals surface area contributed by atoms with E-state index in [2.05, 4.69) is 20.6 Å². The zero-order valence-corrected chi connectivity index (χ0v) is 12.4. The third kappa shape index (κ3) is 5.85. The van der Waals surface area contributed by atoms with E-state index in [4.69, 9.17) is 0 Å². The molecule has 0 aliphatic rings. The largest absolute Gasteiger partial charge is 0.451 e. The van der Waals surface area contributed by atoms with Crippen LogP contribution in [0.3, 0.4) is 0 Å². The van der Waals surface area contributed by atoms with E-state index in [9.17, 15) is 13.2 Å². The minimum absolute atomic E-state index is 0.196. The predicted molar refractivity (Wildman–Crippen MR) is 77.3 cm³/mol. The molecule has 1 aromatic rings. The van der Waals surface area contributed by atoms with Crippen LogP contribution in [0.1, 0.15) is 25.6 Å². The Balaban J connectivity index is 2.80. The lowest BCUT2D eigenvalue weighted by atomic mass is 10.4. The van der Waals surface area contributed by atoms with E-state index in [1.54, 1.807) is 11.8 Å². The molecular formula is C12H19F3N4S. The maximum Gasteiger partial charge on any atom is 0.451 e. The molecule has 20 heavy (non-hydrogen) atoms. The molecule has 0 unspecified atom stereocenters. The molecule has 4 nitrogen and oxygen atoms in total. The Labute approximate surface area is 121 Å². The SMILES string of the molecule is CCCNc1cc(NCCCSC)nc(C(F)(F)F)n1. The van der Waals surface area contributed by atoms with Crippen LogP contribution in [0.15, 0.2) is 6.07 Å². The van der Waals surface area contributed by atoms with Crippen molar-refractivity contribution in [2.24, 2.45) is 0 Å². The maximum atomic E-state index is 12.7. The summed E-state index contributed by atoms with van der Waals surface area (Å²) in [5, 5.41) is 5.76. The van der Waals surface area contributed by atoms with Crippen LogP contribution >= 0.6 is 11.8 Å². The van der Waals surface area contributed by atoms with Crippen LogP contribution in [0, 0.1) is 0 Å². The molecule has 0 atom stereocenters. The van der Waals surface area contributed by atoms with Gasteiger partial charge in [-0.25, -0.2) is 9.97 Å². The van der Waals surface area contributed by atoms with Gasteiger partial charge in [0, 0.05) is 19.2 Å². The normalized spacial score (nSPS) is 11.4. The van der Waals surface area contributed by atoms with E-state index in [0.29, 0.717) is 13.1 Å². The molecule has 0 aliphatic carbocycles. The summed E-state index contributed by atoms with van der Waals surface area (Å²) < 4.78 is 38.2. The van der Waals surface area contributed by atoms with E-state index in [-0.39, 0.29) is 11.6 Å². The molecule has 1 aromatic heterocycles. The second-order valence-corrected chi connectivity index (χ2v) is 5.15. The molecular weight excluding hydrogens is 289 g/mol. The molecule has 2 N–H and O–H groups in total. The summed E-state index contributed by atoms with van der Waals surface area (Å²) in [4.78, 5) is 7.01. The average Bonchev–Trinajstić information content (AvgIpc) is 2.40. The van der Waals surface area contributed by atoms with Crippen molar-refractivity contribution >= 4 is 23.4 Å². The van der Waals surface area contributed by atoms with E-state index in [1.807, 2.05) is 13.2 Å². The van der Waals surface area contributed by atoms with Crippen molar-refractivity contribution in [1.29, 1.82) is 0 Å². The molecule has 114 valence electrons. The van der Waals surface area contributed by atoms with Gasteiger partial charge in [-0.2, -0.15) is 24.9 Å². The van der Waals surface area contributed by atoms with Crippen molar-refractivity contribution in [3.8, 4) is 0 Å². The quantitative estimate of drug-likeness (QED) is 0.720. The van der Waals surface area contributed by atoms with Gasteiger partial charge in [0.1, 0.15) is 11.6 Å². The summed E-state index contributed by atoms with van der Waals surface area (Å²) in [7, 11) is 0. The monoisotopic (exact) mass is 308 g/mol. The van der Waals surface area contributed by atoms with Gasteiger partial charge in [0.15, 0.2) is 0 Å². The lowest BCUT2D eigenvalue weighted by Crippen LogP contribution is -2.16. The highest BCUT2D eigenvalue weighted by Crippen LogP contribution is 2.28. The van der Waals surface area contributed by atoms with Crippen molar-refractivity contribution in [3.05, 3.63) is 11.9 Å². The van der Waals surface area contributed by atoms with E-state index < -0.39 is 12.0 Å². The van der Waals surface area contributed by atoms with Gasteiger partial charge in [0.05, 0.1) is 0 Å². The standard InChI is InChI=1S/C12H19F3N4S/c1-3-5-16-9-8-10(17-6-4-7-20-2)19-11(18-9)12(13,14)15/h8H,3-7H2,1-2H3,(H2,16,17,18,19). The molecule has 0 bridgehead atoms. The maximum absolute atomic E-state index is 12.7. The first-order chi connectivity index (χ1) is 9.47. The van der Waals surface area contributed by atoms with E-state index >= 15 is 0 Å². The molecule has 0 fully saturated rings. The van der Waals surface area contributed by atoms with Gasteiger partial charge >= 0.3 is 6.18 Å². The van der Waals surface area contributed by atoms with Gasteiger partial charge in [-0.15, -0.1) is 0 Å². The van der Waals surface area contributed by atoms with Crippen molar-refractivity contribution in [3.63, 3.8) is 0 Å². The Hall–Kier alpha value is -1.18. The highest BCUT2D eigenvalue weighted by atomic mass is 32.2. The number of nitrogens with zero attached hydrogens (tertiary/aromatic N) is 2. The van der Waals surface area contributed by atoms with Gasteiger partial charge in [0.2, 0.25) is 5.82 Å². The summed E-state index contributed by atoms with van der Waals surface area (Å²) in [5.74, 6) is 0.227. The van der Waals surface area contributed by atoms with Crippen molar-refractivity contribution in [1.82, 2.24) is 9.97 Å². The van der Waals surface area contributed by atoms with Crippen LogP contribution in [0.2, 0.25) is 0 Å².